The molecule has 0 amide bonds. The van der Waals surface area contributed by atoms with Gasteiger partial charge >= 0.3 is 0 Å². The van der Waals surface area contributed by atoms with Crippen LogP contribution >= 0.6 is 11.6 Å². The highest BCUT2D eigenvalue weighted by Crippen LogP contribution is 2.29. The first-order valence-corrected chi connectivity index (χ1v) is 8.30. The van der Waals surface area contributed by atoms with Gasteiger partial charge in [-0.3, -0.25) is 4.72 Å². The number of hydrogen-bond acceptors (Lipinski definition) is 3. The van der Waals surface area contributed by atoms with Crippen LogP contribution in [0.2, 0.25) is 5.02 Å². The molecule has 0 aromatic heterocycles. The number of benzene rings is 2. The Morgan fingerprint density at radius 2 is 1.81 bits per heavy atom. The predicted octanol–water partition coefficient (Wildman–Crippen LogP) is 3.85. The van der Waals surface area contributed by atoms with Crippen molar-refractivity contribution in [3.63, 3.8) is 0 Å². The Morgan fingerprint density at radius 1 is 1.14 bits per heavy atom. The fourth-order valence-electron chi connectivity index (χ4n) is 1.80. The van der Waals surface area contributed by atoms with E-state index in [9.17, 15) is 8.42 Å². The number of hydrogen-bond donors (Lipinski definition) is 1. The molecular weight excluding hydrogens is 310 g/mol. The Kier molecular flexibility index (Phi) is 4.75. The van der Waals surface area contributed by atoms with E-state index in [1.165, 1.54) is 6.07 Å². The molecule has 0 aliphatic heterocycles. The van der Waals surface area contributed by atoms with Crippen LogP contribution in [0.1, 0.15) is 12.5 Å². The van der Waals surface area contributed by atoms with Gasteiger partial charge in [0, 0.05) is 10.7 Å². The summed E-state index contributed by atoms with van der Waals surface area (Å²) in [7, 11) is -3.76. The highest BCUT2D eigenvalue weighted by atomic mass is 35.5. The van der Waals surface area contributed by atoms with Gasteiger partial charge < -0.3 is 4.74 Å². The molecule has 112 valence electrons. The SMILES string of the molecule is CCOc1ccc(Cl)cc1S(=O)(=O)Nc1ccc(C)cc1. The van der Waals surface area contributed by atoms with Crippen molar-refractivity contribution in [1.29, 1.82) is 0 Å². The maximum absolute atomic E-state index is 12.5. The molecule has 0 spiro atoms. The molecule has 2 aromatic rings. The lowest BCUT2D eigenvalue weighted by Gasteiger charge is -2.13. The molecule has 21 heavy (non-hydrogen) atoms. The van der Waals surface area contributed by atoms with Crippen LogP contribution in [0.4, 0.5) is 5.69 Å². The van der Waals surface area contributed by atoms with Gasteiger partial charge in [-0.15, -0.1) is 0 Å². The van der Waals surface area contributed by atoms with Crippen molar-refractivity contribution in [2.45, 2.75) is 18.7 Å². The van der Waals surface area contributed by atoms with E-state index in [-0.39, 0.29) is 10.6 Å². The van der Waals surface area contributed by atoms with Crippen molar-refractivity contribution in [1.82, 2.24) is 0 Å². The summed E-state index contributed by atoms with van der Waals surface area (Å²) in [5.41, 5.74) is 1.54. The van der Waals surface area contributed by atoms with Crippen molar-refractivity contribution in [3.05, 3.63) is 53.1 Å². The summed E-state index contributed by atoms with van der Waals surface area (Å²) in [6.45, 7) is 4.09. The third kappa shape index (κ3) is 3.89. The van der Waals surface area contributed by atoms with Crippen LogP contribution < -0.4 is 9.46 Å². The Morgan fingerprint density at radius 3 is 2.43 bits per heavy atom. The minimum Gasteiger partial charge on any atom is -0.492 e. The Bertz CT molecular complexity index is 727. The molecule has 0 saturated heterocycles. The van der Waals surface area contributed by atoms with E-state index in [2.05, 4.69) is 4.72 Å². The molecule has 0 unspecified atom stereocenters. The number of sulfonamides is 1. The molecule has 0 fully saturated rings. The molecule has 2 rings (SSSR count). The van der Waals surface area contributed by atoms with E-state index in [0.717, 1.165) is 5.56 Å². The van der Waals surface area contributed by atoms with Gasteiger partial charge in [-0.1, -0.05) is 29.3 Å². The summed E-state index contributed by atoms with van der Waals surface area (Å²) in [4.78, 5) is 0.0254. The standard InChI is InChI=1S/C15H16ClNO3S/c1-3-20-14-9-6-12(16)10-15(14)21(18,19)17-13-7-4-11(2)5-8-13/h4-10,17H,3H2,1-2H3. The van der Waals surface area contributed by atoms with Crippen molar-refractivity contribution >= 4 is 27.3 Å². The first-order chi connectivity index (χ1) is 9.92. The van der Waals surface area contributed by atoms with E-state index in [0.29, 0.717) is 17.3 Å². The number of anilines is 1. The van der Waals surface area contributed by atoms with Gasteiger partial charge in [0.25, 0.3) is 10.0 Å². The van der Waals surface area contributed by atoms with E-state index in [1.807, 2.05) is 19.1 Å². The van der Waals surface area contributed by atoms with Gasteiger partial charge in [0.05, 0.1) is 6.61 Å². The monoisotopic (exact) mass is 325 g/mol. The second-order valence-corrected chi connectivity index (χ2v) is 6.58. The largest absolute Gasteiger partial charge is 0.492 e. The van der Waals surface area contributed by atoms with Crippen LogP contribution in [0.25, 0.3) is 0 Å². The number of aryl methyl sites for hydroxylation is 1. The van der Waals surface area contributed by atoms with E-state index in [1.54, 1.807) is 31.2 Å². The number of halogens is 1. The van der Waals surface area contributed by atoms with Crippen molar-refractivity contribution < 1.29 is 13.2 Å². The van der Waals surface area contributed by atoms with Gasteiger partial charge in [-0.25, -0.2) is 8.42 Å². The summed E-state index contributed by atoms with van der Waals surface area (Å²) in [5.74, 6) is 0.279. The minimum absolute atomic E-state index is 0.0254. The third-order valence-electron chi connectivity index (χ3n) is 2.80. The molecule has 1 N–H and O–H groups in total. The molecule has 0 aliphatic rings. The van der Waals surface area contributed by atoms with Crippen LogP contribution in [0.5, 0.6) is 5.75 Å². The molecule has 0 bridgehead atoms. The molecule has 0 atom stereocenters. The summed E-state index contributed by atoms with van der Waals surface area (Å²) >= 11 is 5.90. The zero-order valence-electron chi connectivity index (χ0n) is 11.8. The quantitative estimate of drug-likeness (QED) is 0.908. The van der Waals surface area contributed by atoms with Gasteiger partial charge in [-0.05, 0) is 44.2 Å². The molecular formula is C15H16ClNO3S. The Hall–Kier alpha value is -1.72. The summed E-state index contributed by atoms with van der Waals surface area (Å²) in [5, 5.41) is 0.336. The molecule has 0 heterocycles. The van der Waals surface area contributed by atoms with Crippen LogP contribution in [0, 0.1) is 6.92 Å². The molecule has 0 aliphatic carbocycles. The highest BCUT2D eigenvalue weighted by molar-refractivity contribution is 7.92. The zero-order valence-corrected chi connectivity index (χ0v) is 13.3. The number of nitrogens with one attached hydrogen (secondary N) is 1. The van der Waals surface area contributed by atoms with Crippen molar-refractivity contribution in [2.24, 2.45) is 0 Å². The van der Waals surface area contributed by atoms with Gasteiger partial charge in [0.1, 0.15) is 10.6 Å². The lowest BCUT2D eigenvalue weighted by molar-refractivity contribution is 0.331. The van der Waals surface area contributed by atoms with Crippen LogP contribution in [0.15, 0.2) is 47.4 Å². The maximum Gasteiger partial charge on any atom is 0.265 e. The molecule has 2 aromatic carbocycles. The molecule has 0 radical (unpaired) electrons. The normalized spacial score (nSPS) is 11.2. The first kappa shape index (κ1) is 15.7. The second kappa shape index (κ2) is 6.37. The highest BCUT2D eigenvalue weighted by Gasteiger charge is 2.20. The molecule has 0 saturated carbocycles. The Labute approximate surface area is 129 Å². The number of ether oxygens (including phenoxy) is 1. The fourth-order valence-corrected chi connectivity index (χ4v) is 3.27. The lowest BCUT2D eigenvalue weighted by Crippen LogP contribution is -2.14. The van der Waals surface area contributed by atoms with E-state index >= 15 is 0 Å². The minimum atomic E-state index is -3.76. The predicted molar refractivity (Wildman–Crippen MR) is 84.6 cm³/mol. The lowest BCUT2D eigenvalue weighted by atomic mass is 10.2. The summed E-state index contributed by atoms with van der Waals surface area (Å²) < 4.78 is 32.8. The van der Waals surface area contributed by atoms with Gasteiger partial charge in [-0.2, -0.15) is 0 Å². The van der Waals surface area contributed by atoms with Gasteiger partial charge in [0.15, 0.2) is 0 Å². The number of rotatable bonds is 5. The van der Waals surface area contributed by atoms with Crippen LogP contribution in [0.3, 0.4) is 0 Å². The fraction of sp³-hybridized carbons (Fsp3) is 0.200. The summed E-state index contributed by atoms with van der Waals surface area (Å²) in [6, 6.07) is 11.6. The van der Waals surface area contributed by atoms with Crippen molar-refractivity contribution in [3.8, 4) is 5.75 Å². The van der Waals surface area contributed by atoms with Crippen molar-refractivity contribution in [2.75, 3.05) is 11.3 Å². The first-order valence-electron chi connectivity index (χ1n) is 6.44. The topological polar surface area (TPSA) is 55.4 Å². The van der Waals surface area contributed by atoms with E-state index in [4.69, 9.17) is 16.3 Å². The summed E-state index contributed by atoms with van der Waals surface area (Å²) in [6.07, 6.45) is 0. The molecule has 6 heteroatoms. The average molecular weight is 326 g/mol. The van der Waals surface area contributed by atoms with E-state index < -0.39 is 10.0 Å². The zero-order chi connectivity index (χ0) is 15.5. The maximum atomic E-state index is 12.5. The molecule has 4 nitrogen and oxygen atoms in total. The van der Waals surface area contributed by atoms with Gasteiger partial charge in [0.2, 0.25) is 0 Å². The second-order valence-electron chi connectivity index (χ2n) is 4.50. The Balaban J connectivity index is 2.39. The average Bonchev–Trinajstić information content (AvgIpc) is 2.43. The third-order valence-corrected chi connectivity index (χ3v) is 4.44. The van der Waals surface area contributed by atoms with Crippen LogP contribution in [-0.2, 0) is 10.0 Å². The smallest absolute Gasteiger partial charge is 0.265 e. The van der Waals surface area contributed by atoms with Crippen LogP contribution in [-0.4, -0.2) is 15.0 Å².